The molecule has 2 aliphatic rings. The topological polar surface area (TPSA) is 61.4 Å². The van der Waals surface area contributed by atoms with Crippen LogP contribution < -0.4 is 10.6 Å². The monoisotopic (exact) mass is 391 g/mol. The molecule has 1 aromatic heterocycles. The van der Waals surface area contributed by atoms with Gasteiger partial charge >= 0.3 is 0 Å². The first-order valence-electron chi connectivity index (χ1n) is 8.19. The van der Waals surface area contributed by atoms with Crippen LogP contribution in [0, 0.1) is 5.92 Å². The standard InChI is InChI=1S/C16H22ClN3O2S.ClH/c17-14-4-3-13(23-14)16(22)20-8-5-11(6-9-20)15(21)19-12-2-1-7-18-10-12;/h3-4,11-12,18H,1-2,5-10H2,(H,19,21);1H/t12-;/m0./s1. The van der Waals surface area contributed by atoms with E-state index >= 15 is 0 Å². The zero-order valence-corrected chi connectivity index (χ0v) is 15.8. The van der Waals surface area contributed by atoms with Crippen molar-refractivity contribution in [2.45, 2.75) is 31.7 Å². The van der Waals surface area contributed by atoms with Gasteiger partial charge in [0.1, 0.15) is 0 Å². The van der Waals surface area contributed by atoms with Gasteiger partial charge in [-0.3, -0.25) is 9.59 Å². The normalized spacial score (nSPS) is 21.9. The fraction of sp³-hybridized carbons (Fsp3) is 0.625. The molecule has 0 bridgehead atoms. The van der Waals surface area contributed by atoms with Crippen molar-refractivity contribution in [3.05, 3.63) is 21.3 Å². The molecule has 0 spiro atoms. The van der Waals surface area contributed by atoms with Crippen molar-refractivity contribution < 1.29 is 9.59 Å². The van der Waals surface area contributed by atoms with Crippen LogP contribution in [0.15, 0.2) is 12.1 Å². The predicted octanol–water partition coefficient (Wildman–Crippen LogP) is 2.54. The van der Waals surface area contributed by atoms with E-state index in [9.17, 15) is 9.59 Å². The van der Waals surface area contributed by atoms with Crippen molar-refractivity contribution in [1.82, 2.24) is 15.5 Å². The molecule has 0 saturated carbocycles. The van der Waals surface area contributed by atoms with Crippen LogP contribution in [0.5, 0.6) is 0 Å². The van der Waals surface area contributed by atoms with E-state index in [4.69, 9.17) is 11.6 Å². The van der Waals surface area contributed by atoms with Gasteiger partial charge in [-0.15, -0.1) is 23.7 Å². The predicted molar refractivity (Wildman–Crippen MR) is 99.2 cm³/mol. The quantitative estimate of drug-likeness (QED) is 0.831. The van der Waals surface area contributed by atoms with Crippen LogP contribution in [-0.4, -0.2) is 48.9 Å². The van der Waals surface area contributed by atoms with E-state index in [1.54, 1.807) is 12.1 Å². The molecule has 5 nitrogen and oxygen atoms in total. The molecular formula is C16H23Cl2N3O2S. The van der Waals surface area contributed by atoms with Crippen LogP contribution in [0.4, 0.5) is 0 Å². The molecule has 8 heteroatoms. The Morgan fingerprint density at radius 1 is 1.25 bits per heavy atom. The van der Waals surface area contributed by atoms with E-state index in [1.807, 2.05) is 4.90 Å². The number of piperidine rings is 2. The highest BCUT2D eigenvalue weighted by Gasteiger charge is 2.29. The fourth-order valence-corrected chi connectivity index (χ4v) is 4.23. The minimum absolute atomic E-state index is 0. The molecule has 2 amide bonds. The van der Waals surface area contributed by atoms with Crippen molar-refractivity contribution in [2.24, 2.45) is 5.92 Å². The minimum Gasteiger partial charge on any atom is -0.352 e. The van der Waals surface area contributed by atoms with Crippen molar-refractivity contribution in [3.8, 4) is 0 Å². The van der Waals surface area contributed by atoms with Crippen LogP contribution in [-0.2, 0) is 4.79 Å². The van der Waals surface area contributed by atoms with Crippen molar-refractivity contribution >= 4 is 47.2 Å². The van der Waals surface area contributed by atoms with E-state index in [2.05, 4.69) is 10.6 Å². The highest BCUT2D eigenvalue weighted by molar-refractivity contribution is 7.17. The lowest BCUT2D eigenvalue weighted by atomic mass is 9.95. The largest absolute Gasteiger partial charge is 0.352 e. The molecule has 24 heavy (non-hydrogen) atoms. The van der Waals surface area contributed by atoms with Gasteiger partial charge in [0.15, 0.2) is 0 Å². The Kier molecular flexibility index (Phi) is 7.34. The molecule has 0 aliphatic carbocycles. The van der Waals surface area contributed by atoms with Gasteiger partial charge in [0.05, 0.1) is 9.21 Å². The Bertz CT molecular complexity index is 567. The molecule has 3 rings (SSSR count). The second-order valence-corrected chi connectivity index (χ2v) is 7.94. The number of nitrogens with one attached hydrogen (secondary N) is 2. The summed E-state index contributed by atoms with van der Waals surface area (Å²) in [5.74, 6) is 0.190. The highest BCUT2D eigenvalue weighted by atomic mass is 35.5. The first-order valence-corrected chi connectivity index (χ1v) is 9.38. The third-order valence-corrected chi connectivity index (χ3v) is 5.80. The molecule has 2 fully saturated rings. The summed E-state index contributed by atoms with van der Waals surface area (Å²) in [7, 11) is 0. The lowest BCUT2D eigenvalue weighted by Crippen LogP contribution is -2.49. The van der Waals surface area contributed by atoms with Crippen LogP contribution in [0.3, 0.4) is 0 Å². The SMILES string of the molecule is Cl.O=C(N[C@H]1CCCNC1)C1CCN(C(=O)c2ccc(Cl)s2)CC1. The van der Waals surface area contributed by atoms with Crippen molar-refractivity contribution in [3.63, 3.8) is 0 Å². The number of thiophene rings is 1. The number of carbonyl (C=O) groups is 2. The second kappa shape index (κ2) is 9.04. The van der Waals surface area contributed by atoms with E-state index in [0.29, 0.717) is 22.3 Å². The first-order chi connectivity index (χ1) is 11.1. The van der Waals surface area contributed by atoms with Crippen LogP contribution >= 0.6 is 35.3 Å². The van der Waals surface area contributed by atoms with Gasteiger partial charge in [-0.05, 0) is 44.4 Å². The van der Waals surface area contributed by atoms with E-state index in [0.717, 1.165) is 38.8 Å². The summed E-state index contributed by atoms with van der Waals surface area (Å²) in [4.78, 5) is 27.2. The number of likely N-dealkylation sites (tertiary alicyclic amines) is 1. The number of carbonyl (C=O) groups excluding carboxylic acids is 2. The lowest BCUT2D eigenvalue weighted by Gasteiger charge is -2.32. The number of hydrogen-bond acceptors (Lipinski definition) is 4. The Hall–Kier alpha value is -0.820. The minimum atomic E-state index is 0. The van der Waals surface area contributed by atoms with Crippen LogP contribution in [0.1, 0.15) is 35.4 Å². The van der Waals surface area contributed by atoms with Gasteiger partial charge < -0.3 is 15.5 Å². The second-order valence-electron chi connectivity index (χ2n) is 6.22. The molecule has 3 heterocycles. The number of amides is 2. The molecule has 0 radical (unpaired) electrons. The van der Waals surface area contributed by atoms with E-state index < -0.39 is 0 Å². The Morgan fingerprint density at radius 3 is 2.58 bits per heavy atom. The molecule has 2 saturated heterocycles. The number of nitrogens with zero attached hydrogens (tertiary/aromatic N) is 1. The molecule has 0 aromatic carbocycles. The van der Waals surface area contributed by atoms with E-state index in [-0.39, 0.29) is 36.2 Å². The van der Waals surface area contributed by atoms with Gasteiger partial charge in [-0.25, -0.2) is 0 Å². The summed E-state index contributed by atoms with van der Waals surface area (Å²) in [6.45, 7) is 3.17. The molecular weight excluding hydrogens is 369 g/mol. The summed E-state index contributed by atoms with van der Waals surface area (Å²) in [5.41, 5.74) is 0. The number of rotatable bonds is 3. The van der Waals surface area contributed by atoms with Gasteiger partial charge in [0.25, 0.3) is 5.91 Å². The van der Waals surface area contributed by atoms with Crippen molar-refractivity contribution in [2.75, 3.05) is 26.2 Å². The van der Waals surface area contributed by atoms with Crippen molar-refractivity contribution in [1.29, 1.82) is 0 Å². The first kappa shape index (κ1) is 19.5. The number of hydrogen-bond donors (Lipinski definition) is 2. The Labute approximate surface area is 157 Å². The van der Waals surface area contributed by atoms with Crippen LogP contribution in [0.2, 0.25) is 4.34 Å². The average Bonchev–Trinajstić information content (AvgIpc) is 3.02. The zero-order chi connectivity index (χ0) is 16.2. The summed E-state index contributed by atoms with van der Waals surface area (Å²) in [5, 5.41) is 6.46. The van der Waals surface area contributed by atoms with E-state index in [1.165, 1.54) is 11.3 Å². The zero-order valence-electron chi connectivity index (χ0n) is 13.4. The molecule has 1 atom stereocenters. The lowest BCUT2D eigenvalue weighted by molar-refractivity contribution is -0.127. The van der Waals surface area contributed by atoms with Gasteiger partial charge in [0, 0.05) is 31.6 Å². The third kappa shape index (κ3) is 4.85. The third-order valence-electron chi connectivity index (χ3n) is 4.58. The summed E-state index contributed by atoms with van der Waals surface area (Å²) in [6, 6.07) is 3.77. The number of halogens is 2. The summed E-state index contributed by atoms with van der Waals surface area (Å²) in [6.07, 6.45) is 3.63. The summed E-state index contributed by atoms with van der Waals surface area (Å²) >= 11 is 7.20. The summed E-state index contributed by atoms with van der Waals surface area (Å²) < 4.78 is 0.628. The highest BCUT2D eigenvalue weighted by Crippen LogP contribution is 2.25. The Balaban J connectivity index is 0.00000208. The molecule has 134 valence electrons. The molecule has 2 aliphatic heterocycles. The van der Waals surface area contributed by atoms with Crippen LogP contribution in [0.25, 0.3) is 0 Å². The average molecular weight is 392 g/mol. The van der Waals surface area contributed by atoms with Gasteiger partial charge in [0.2, 0.25) is 5.91 Å². The maximum absolute atomic E-state index is 12.4. The molecule has 1 aromatic rings. The maximum atomic E-state index is 12.4. The van der Waals surface area contributed by atoms with Gasteiger partial charge in [-0.1, -0.05) is 11.6 Å². The molecule has 0 unspecified atom stereocenters. The smallest absolute Gasteiger partial charge is 0.263 e. The van der Waals surface area contributed by atoms with Gasteiger partial charge in [-0.2, -0.15) is 0 Å². The fourth-order valence-electron chi connectivity index (χ4n) is 3.22. The Morgan fingerprint density at radius 2 is 2.00 bits per heavy atom. The molecule has 2 N–H and O–H groups in total. The maximum Gasteiger partial charge on any atom is 0.263 e.